The van der Waals surface area contributed by atoms with Crippen molar-refractivity contribution in [3.05, 3.63) is 22.8 Å². The molecule has 1 atom stereocenters. The molecule has 1 aromatic heterocycles. The fraction of sp³-hybridized carbons (Fsp3) is 0.625. The fourth-order valence-corrected chi connectivity index (χ4v) is 3.04. The van der Waals surface area contributed by atoms with Gasteiger partial charge in [0, 0.05) is 6.04 Å². The third-order valence-corrected chi connectivity index (χ3v) is 4.71. The molecule has 1 fully saturated rings. The van der Waals surface area contributed by atoms with Crippen molar-refractivity contribution >= 4 is 23.3 Å². The zero-order valence-electron chi connectivity index (χ0n) is 14.3. The van der Waals surface area contributed by atoms with Crippen LogP contribution in [0.5, 0.6) is 0 Å². The van der Waals surface area contributed by atoms with E-state index in [4.69, 9.17) is 11.6 Å². The Labute approximate surface area is 150 Å². The van der Waals surface area contributed by atoms with Gasteiger partial charge in [-0.15, -0.1) is 0 Å². The first kappa shape index (κ1) is 19.8. The smallest absolute Gasteiger partial charge is 0.349 e. The Bertz CT molecular complexity index is 604. The molecule has 1 saturated heterocycles. The molecule has 0 unspecified atom stereocenters. The molecule has 2 rings (SSSR count). The van der Waals surface area contributed by atoms with Gasteiger partial charge in [0.15, 0.2) is 6.54 Å². The second-order valence-electron chi connectivity index (χ2n) is 6.37. The van der Waals surface area contributed by atoms with Crippen molar-refractivity contribution in [2.45, 2.75) is 32.5 Å². The Hall–Kier alpha value is -1.54. The average Bonchev–Trinajstić information content (AvgIpc) is 2.54. The van der Waals surface area contributed by atoms with Crippen molar-refractivity contribution in [1.29, 1.82) is 0 Å². The molecule has 1 aliphatic rings. The molecular formula is C16H24ClF3N4O+2. The van der Waals surface area contributed by atoms with Crippen LogP contribution >= 0.6 is 11.6 Å². The van der Waals surface area contributed by atoms with Gasteiger partial charge in [-0.25, -0.2) is 9.88 Å². The van der Waals surface area contributed by atoms with Gasteiger partial charge < -0.3 is 10.2 Å². The van der Waals surface area contributed by atoms with Crippen molar-refractivity contribution in [3.63, 3.8) is 0 Å². The van der Waals surface area contributed by atoms with Crippen LogP contribution in [-0.2, 0) is 11.0 Å². The van der Waals surface area contributed by atoms with E-state index >= 15 is 0 Å². The first-order valence-electron chi connectivity index (χ1n) is 8.37. The third-order valence-electron chi connectivity index (χ3n) is 4.42. The van der Waals surface area contributed by atoms with E-state index < -0.39 is 11.7 Å². The van der Waals surface area contributed by atoms with Gasteiger partial charge in [0.05, 0.1) is 5.56 Å². The fourth-order valence-electron chi connectivity index (χ4n) is 2.75. The summed E-state index contributed by atoms with van der Waals surface area (Å²) in [6.45, 7) is 7.07. The number of hydrogen-bond acceptors (Lipinski definition) is 2. The van der Waals surface area contributed by atoms with Gasteiger partial charge in [0.25, 0.3) is 11.7 Å². The zero-order valence-corrected chi connectivity index (χ0v) is 15.1. The number of amides is 1. The van der Waals surface area contributed by atoms with Crippen molar-refractivity contribution in [1.82, 2.24) is 5.32 Å². The summed E-state index contributed by atoms with van der Waals surface area (Å²) in [7, 11) is 0. The van der Waals surface area contributed by atoms with Gasteiger partial charge >= 0.3 is 6.18 Å². The lowest BCUT2D eigenvalue weighted by atomic mass is 10.2. The predicted octanol–water partition coefficient (Wildman–Crippen LogP) is 0.793. The number of H-pyrrole nitrogens is 1. The molecule has 1 aliphatic heterocycles. The molecule has 25 heavy (non-hydrogen) atoms. The topological polar surface area (TPSA) is 50.9 Å². The molecule has 0 aliphatic carbocycles. The Kier molecular flexibility index (Phi) is 6.51. The normalized spacial score (nSPS) is 17.4. The molecule has 0 radical (unpaired) electrons. The highest BCUT2D eigenvalue weighted by molar-refractivity contribution is 6.32. The van der Waals surface area contributed by atoms with E-state index in [1.54, 1.807) is 0 Å². The minimum atomic E-state index is -4.43. The molecule has 5 nitrogen and oxygen atoms in total. The van der Waals surface area contributed by atoms with Crippen LogP contribution in [0, 0.1) is 0 Å². The summed E-state index contributed by atoms with van der Waals surface area (Å²) >= 11 is 6.02. The zero-order chi connectivity index (χ0) is 18.6. The van der Waals surface area contributed by atoms with Crippen LogP contribution in [0.25, 0.3) is 0 Å². The summed E-state index contributed by atoms with van der Waals surface area (Å²) in [5, 5.41) is 2.99. The molecule has 3 N–H and O–H groups in total. The second kappa shape index (κ2) is 8.23. The maximum Gasteiger partial charge on any atom is 0.419 e. The van der Waals surface area contributed by atoms with Crippen molar-refractivity contribution < 1.29 is 27.8 Å². The number of carbonyl (C=O) groups excluding carboxylic acids is 1. The minimum absolute atomic E-state index is 0.0249. The monoisotopic (exact) mass is 380 g/mol. The number of anilines is 1. The van der Waals surface area contributed by atoms with Gasteiger partial charge in [0.1, 0.15) is 37.4 Å². The predicted molar refractivity (Wildman–Crippen MR) is 88.7 cm³/mol. The molecule has 140 valence electrons. The van der Waals surface area contributed by atoms with Crippen LogP contribution in [0.4, 0.5) is 19.0 Å². The Morgan fingerprint density at radius 1 is 1.44 bits per heavy atom. The van der Waals surface area contributed by atoms with E-state index in [9.17, 15) is 18.0 Å². The Balaban J connectivity index is 1.91. The van der Waals surface area contributed by atoms with Crippen LogP contribution in [0.15, 0.2) is 12.3 Å². The standard InChI is InChI=1S/C16H22ClF3N4O/c1-3-11(2)22-14(25)10-23-4-6-24(7-5-23)15-13(17)8-12(9-21-15)16(18,19)20/h8-9,11H,3-7,10H2,1-2H3,(H,22,25)/p+2/t11-/m0/s1. The van der Waals surface area contributed by atoms with Gasteiger partial charge in [0.2, 0.25) is 0 Å². The van der Waals surface area contributed by atoms with Crippen LogP contribution in [-0.4, -0.2) is 44.7 Å². The Morgan fingerprint density at radius 3 is 2.60 bits per heavy atom. The van der Waals surface area contributed by atoms with Gasteiger partial charge in [-0.3, -0.25) is 4.79 Å². The van der Waals surface area contributed by atoms with Crippen LogP contribution in [0.2, 0.25) is 5.02 Å². The Morgan fingerprint density at radius 2 is 2.08 bits per heavy atom. The number of halogens is 4. The molecule has 0 saturated carbocycles. The number of carbonyl (C=O) groups is 1. The SMILES string of the molecule is CC[C@H](C)NC(=O)C[NH+]1CCN(c2[nH+]cc(C(F)(F)F)cc2Cl)CC1. The summed E-state index contributed by atoms with van der Waals surface area (Å²) < 4.78 is 38.1. The summed E-state index contributed by atoms with van der Waals surface area (Å²) in [6, 6.07) is 1.10. The van der Waals surface area contributed by atoms with Gasteiger partial charge in [-0.05, 0) is 19.4 Å². The summed E-state index contributed by atoms with van der Waals surface area (Å²) in [5.41, 5.74) is -0.799. The molecular weight excluding hydrogens is 357 g/mol. The lowest BCUT2D eigenvalue weighted by Crippen LogP contribution is -3.16. The van der Waals surface area contributed by atoms with Crippen molar-refractivity contribution in [2.75, 3.05) is 37.6 Å². The number of piperazine rings is 1. The minimum Gasteiger partial charge on any atom is -0.349 e. The molecule has 1 amide bonds. The number of pyridine rings is 1. The van der Waals surface area contributed by atoms with Crippen LogP contribution < -0.4 is 20.1 Å². The van der Waals surface area contributed by atoms with E-state index in [2.05, 4.69) is 10.3 Å². The number of aromatic nitrogens is 1. The highest BCUT2D eigenvalue weighted by atomic mass is 35.5. The summed E-state index contributed by atoms with van der Waals surface area (Å²) in [5.74, 6) is 0.509. The number of quaternary nitrogens is 1. The maximum atomic E-state index is 12.7. The quantitative estimate of drug-likeness (QED) is 0.793. The highest BCUT2D eigenvalue weighted by Crippen LogP contribution is 2.31. The van der Waals surface area contributed by atoms with E-state index in [-0.39, 0.29) is 17.0 Å². The van der Waals surface area contributed by atoms with Crippen molar-refractivity contribution in [3.8, 4) is 0 Å². The third kappa shape index (κ3) is 5.47. The average molecular weight is 381 g/mol. The number of nitrogens with one attached hydrogen (secondary N) is 3. The lowest BCUT2D eigenvalue weighted by Gasteiger charge is -2.28. The van der Waals surface area contributed by atoms with E-state index in [1.165, 1.54) is 0 Å². The van der Waals surface area contributed by atoms with Crippen LogP contribution in [0.3, 0.4) is 0 Å². The summed E-state index contributed by atoms with van der Waals surface area (Å²) in [6.07, 6.45) is -2.61. The lowest BCUT2D eigenvalue weighted by molar-refractivity contribution is -0.892. The number of alkyl halides is 3. The molecule has 9 heteroatoms. The second-order valence-corrected chi connectivity index (χ2v) is 6.78. The van der Waals surface area contributed by atoms with E-state index in [0.29, 0.717) is 25.5 Å². The van der Waals surface area contributed by atoms with Gasteiger partial charge in [-0.2, -0.15) is 13.2 Å². The van der Waals surface area contributed by atoms with Crippen molar-refractivity contribution in [2.24, 2.45) is 0 Å². The van der Waals surface area contributed by atoms with E-state index in [0.717, 1.165) is 36.7 Å². The summed E-state index contributed by atoms with van der Waals surface area (Å²) in [4.78, 5) is 17.7. The van der Waals surface area contributed by atoms with E-state index in [1.807, 2.05) is 18.7 Å². The molecule has 0 aromatic carbocycles. The number of nitrogens with zero attached hydrogens (tertiary/aromatic N) is 1. The highest BCUT2D eigenvalue weighted by Gasteiger charge is 2.35. The largest absolute Gasteiger partial charge is 0.419 e. The number of aromatic amines is 1. The molecule has 2 heterocycles. The maximum absolute atomic E-state index is 12.7. The first-order chi connectivity index (χ1) is 11.7. The van der Waals surface area contributed by atoms with Gasteiger partial charge in [-0.1, -0.05) is 18.5 Å². The molecule has 0 spiro atoms. The number of rotatable bonds is 5. The number of hydrogen-bond donors (Lipinski definition) is 2. The first-order valence-corrected chi connectivity index (χ1v) is 8.74. The molecule has 0 bridgehead atoms. The molecule has 1 aromatic rings. The van der Waals surface area contributed by atoms with Crippen LogP contribution in [0.1, 0.15) is 25.8 Å².